The van der Waals surface area contributed by atoms with Crippen molar-refractivity contribution < 1.29 is 4.74 Å². The number of nitriles is 1. The molecule has 1 aromatic carbocycles. The number of hydrogen-bond acceptors (Lipinski definition) is 3. The molecule has 3 nitrogen and oxygen atoms in total. The highest BCUT2D eigenvalue weighted by atomic mass is 16.5. The van der Waals surface area contributed by atoms with E-state index in [1.165, 1.54) is 0 Å². The Hall–Kier alpha value is -1.69. The van der Waals surface area contributed by atoms with Gasteiger partial charge in [0.25, 0.3) is 0 Å². The van der Waals surface area contributed by atoms with Crippen molar-refractivity contribution in [2.45, 2.75) is 33.2 Å². The molecule has 1 rings (SSSR count). The lowest BCUT2D eigenvalue weighted by Crippen LogP contribution is -2.40. The molecular formula is C14H20N2O. The van der Waals surface area contributed by atoms with Crippen LogP contribution >= 0.6 is 0 Å². The Morgan fingerprint density at radius 1 is 1.24 bits per heavy atom. The molecule has 3 heteroatoms. The van der Waals surface area contributed by atoms with E-state index in [2.05, 4.69) is 13.0 Å². The highest BCUT2D eigenvalue weighted by molar-refractivity contribution is 5.61. The van der Waals surface area contributed by atoms with E-state index >= 15 is 0 Å². The maximum Gasteiger partial charge on any atom is 0.122 e. The molecule has 0 N–H and O–H groups in total. The zero-order valence-corrected chi connectivity index (χ0v) is 11.5. The van der Waals surface area contributed by atoms with Crippen LogP contribution in [0.4, 0.5) is 5.69 Å². The fourth-order valence-electron chi connectivity index (χ4n) is 1.74. The van der Waals surface area contributed by atoms with E-state index in [-0.39, 0.29) is 0 Å². The van der Waals surface area contributed by atoms with Crippen molar-refractivity contribution in [2.24, 2.45) is 0 Å². The average Bonchev–Trinajstić information content (AvgIpc) is 2.31. The van der Waals surface area contributed by atoms with Gasteiger partial charge in [-0.15, -0.1) is 0 Å². The molecule has 0 radical (unpaired) electrons. The first-order valence-electron chi connectivity index (χ1n) is 5.64. The molecule has 0 saturated carbocycles. The van der Waals surface area contributed by atoms with E-state index < -0.39 is 5.54 Å². The molecule has 0 amide bonds. The second-order valence-corrected chi connectivity index (χ2v) is 4.77. The van der Waals surface area contributed by atoms with Crippen LogP contribution < -0.4 is 9.64 Å². The minimum atomic E-state index is -0.522. The number of rotatable bonds is 3. The molecule has 0 atom stereocenters. The standard InChI is InChI=1S/C14H20N2O/c1-10-11(2)13(17-6)8-7-12(10)16(5)14(3,4)9-15/h7-8H,1-6H3. The van der Waals surface area contributed by atoms with Gasteiger partial charge in [-0.1, -0.05) is 0 Å². The van der Waals surface area contributed by atoms with Crippen molar-refractivity contribution in [3.05, 3.63) is 23.3 Å². The van der Waals surface area contributed by atoms with Crippen LogP contribution in [0.25, 0.3) is 0 Å². The van der Waals surface area contributed by atoms with Gasteiger partial charge in [0.15, 0.2) is 0 Å². The lowest BCUT2D eigenvalue weighted by Gasteiger charge is -2.33. The molecule has 0 aliphatic carbocycles. The second-order valence-electron chi connectivity index (χ2n) is 4.77. The molecule has 0 fully saturated rings. The summed E-state index contributed by atoms with van der Waals surface area (Å²) >= 11 is 0. The molecule has 0 aromatic heterocycles. The summed E-state index contributed by atoms with van der Waals surface area (Å²) in [6, 6.07) is 6.26. The lowest BCUT2D eigenvalue weighted by atomic mass is 10.0. The third-order valence-electron chi connectivity index (χ3n) is 3.40. The first-order valence-corrected chi connectivity index (χ1v) is 5.64. The van der Waals surface area contributed by atoms with Gasteiger partial charge in [0.05, 0.1) is 13.2 Å². The number of ether oxygens (including phenoxy) is 1. The monoisotopic (exact) mass is 232 g/mol. The van der Waals surface area contributed by atoms with E-state index in [9.17, 15) is 5.26 Å². The fourth-order valence-corrected chi connectivity index (χ4v) is 1.74. The van der Waals surface area contributed by atoms with E-state index in [0.29, 0.717) is 0 Å². The normalized spacial score (nSPS) is 10.9. The van der Waals surface area contributed by atoms with E-state index in [4.69, 9.17) is 4.74 Å². The van der Waals surface area contributed by atoms with Crippen LogP contribution in [0.2, 0.25) is 0 Å². The Bertz CT molecular complexity index is 458. The zero-order chi connectivity index (χ0) is 13.2. The molecule has 1 aromatic rings. The lowest BCUT2D eigenvalue weighted by molar-refractivity contribution is 0.411. The third kappa shape index (κ3) is 2.36. The van der Waals surface area contributed by atoms with Gasteiger partial charge in [-0.2, -0.15) is 5.26 Å². The topological polar surface area (TPSA) is 36.3 Å². The Balaban J connectivity index is 3.27. The van der Waals surface area contributed by atoms with Crippen LogP contribution in [0.3, 0.4) is 0 Å². The second kappa shape index (κ2) is 4.67. The smallest absolute Gasteiger partial charge is 0.122 e. The summed E-state index contributed by atoms with van der Waals surface area (Å²) in [5.41, 5.74) is 2.81. The van der Waals surface area contributed by atoms with Crippen LogP contribution in [-0.4, -0.2) is 19.7 Å². The SMILES string of the molecule is COc1ccc(N(C)C(C)(C)C#N)c(C)c1C. The molecule has 0 saturated heterocycles. The highest BCUT2D eigenvalue weighted by Crippen LogP contribution is 2.32. The van der Waals surface area contributed by atoms with Crippen molar-refractivity contribution in [3.63, 3.8) is 0 Å². The largest absolute Gasteiger partial charge is 0.496 e. The number of benzene rings is 1. The summed E-state index contributed by atoms with van der Waals surface area (Å²) in [6.07, 6.45) is 0. The van der Waals surface area contributed by atoms with Crippen LogP contribution in [0.1, 0.15) is 25.0 Å². The number of methoxy groups -OCH3 is 1. The van der Waals surface area contributed by atoms with Gasteiger partial charge in [0.1, 0.15) is 11.3 Å². The Morgan fingerprint density at radius 3 is 2.29 bits per heavy atom. The van der Waals surface area contributed by atoms with E-state index in [1.807, 2.05) is 44.9 Å². The van der Waals surface area contributed by atoms with Gasteiger partial charge in [0.2, 0.25) is 0 Å². The Kier molecular flexibility index (Phi) is 3.67. The molecule has 0 aliphatic rings. The summed E-state index contributed by atoms with van der Waals surface area (Å²) in [6.45, 7) is 7.90. The Labute approximate surface area is 104 Å². The predicted octanol–water partition coefficient (Wildman–Crippen LogP) is 3.05. The van der Waals surface area contributed by atoms with Crippen LogP contribution in [0.5, 0.6) is 5.75 Å². The summed E-state index contributed by atoms with van der Waals surface area (Å²) < 4.78 is 5.29. The summed E-state index contributed by atoms with van der Waals surface area (Å²) in [4.78, 5) is 1.99. The highest BCUT2D eigenvalue weighted by Gasteiger charge is 2.25. The molecule has 17 heavy (non-hydrogen) atoms. The van der Waals surface area contributed by atoms with Gasteiger partial charge < -0.3 is 9.64 Å². The predicted molar refractivity (Wildman–Crippen MR) is 70.6 cm³/mol. The minimum Gasteiger partial charge on any atom is -0.496 e. The van der Waals surface area contributed by atoms with Crippen molar-refractivity contribution >= 4 is 5.69 Å². The fraction of sp³-hybridized carbons (Fsp3) is 0.500. The maximum atomic E-state index is 9.17. The van der Waals surface area contributed by atoms with Crippen LogP contribution in [0.15, 0.2) is 12.1 Å². The van der Waals surface area contributed by atoms with E-state index in [1.54, 1.807) is 7.11 Å². The first kappa shape index (κ1) is 13.4. The average molecular weight is 232 g/mol. The maximum absolute atomic E-state index is 9.17. The number of hydrogen-bond donors (Lipinski definition) is 0. The summed E-state index contributed by atoms with van der Waals surface area (Å²) in [5, 5.41) is 9.17. The van der Waals surface area contributed by atoms with Gasteiger partial charge in [-0.3, -0.25) is 0 Å². The van der Waals surface area contributed by atoms with Gasteiger partial charge in [-0.25, -0.2) is 0 Å². The van der Waals surface area contributed by atoms with Gasteiger partial charge in [-0.05, 0) is 51.0 Å². The molecule has 0 spiro atoms. The van der Waals surface area contributed by atoms with Crippen molar-refractivity contribution in [1.29, 1.82) is 5.26 Å². The number of nitrogens with zero attached hydrogens (tertiary/aromatic N) is 2. The van der Waals surface area contributed by atoms with E-state index in [0.717, 1.165) is 22.6 Å². The molecule has 0 aliphatic heterocycles. The summed E-state index contributed by atoms with van der Waals surface area (Å²) in [7, 11) is 3.61. The van der Waals surface area contributed by atoms with Crippen LogP contribution in [-0.2, 0) is 0 Å². The summed E-state index contributed by atoms with van der Waals surface area (Å²) in [5.74, 6) is 0.884. The first-order chi connectivity index (χ1) is 7.85. The number of anilines is 1. The minimum absolute atomic E-state index is 0.522. The molecule has 0 heterocycles. The third-order valence-corrected chi connectivity index (χ3v) is 3.40. The Morgan fingerprint density at radius 2 is 1.82 bits per heavy atom. The quantitative estimate of drug-likeness (QED) is 0.803. The molecule has 0 bridgehead atoms. The van der Waals surface area contributed by atoms with Crippen molar-refractivity contribution in [3.8, 4) is 11.8 Å². The van der Waals surface area contributed by atoms with Gasteiger partial charge >= 0.3 is 0 Å². The molecule has 0 unspecified atom stereocenters. The molecule has 92 valence electrons. The van der Waals surface area contributed by atoms with Crippen LogP contribution in [0, 0.1) is 25.2 Å². The van der Waals surface area contributed by atoms with Crippen molar-refractivity contribution in [1.82, 2.24) is 0 Å². The molecular weight excluding hydrogens is 212 g/mol. The zero-order valence-electron chi connectivity index (χ0n) is 11.5. The van der Waals surface area contributed by atoms with Crippen molar-refractivity contribution in [2.75, 3.05) is 19.1 Å². The van der Waals surface area contributed by atoms with Gasteiger partial charge in [0, 0.05) is 12.7 Å².